The second-order valence-electron chi connectivity index (χ2n) is 4.60. The molecule has 0 spiro atoms. The number of methoxy groups -OCH3 is 1. The van der Waals surface area contributed by atoms with E-state index in [0.29, 0.717) is 5.13 Å². The fourth-order valence-corrected chi connectivity index (χ4v) is 4.16. The van der Waals surface area contributed by atoms with Gasteiger partial charge in [-0.15, -0.1) is 11.8 Å². The van der Waals surface area contributed by atoms with Crippen molar-refractivity contribution in [2.45, 2.75) is 30.5 Å². The van der Waals surface area contributed by atoms with Crippen molar-refractivity contribution >= 4 is 34.3 Å². The molecular formula is C12H14N4O2S2. The van der Waals surface area contributed by atoms with E-state index >= 15 is 0 Å². The number of fused-ring (bicyclic) bond motifs is 3. The third kappa shape index (κ3) is 2.18. The van der Waals surface area contributed by atoms with Gasteiger partial charge in [0.2, 0.25) is 0 Å². The number of nitrogens with zero attached hydrogens (tertiary/aromatic N) is 3. The largest absolute Gasteiger partial charge is 0.453 e. The molecule has 6 nitrogen and oxygen atoms in total. The zero-order chi connectivity index (χ0) is 14.3. The van der Waals surface area contributed by atoms with Gasteiger partial charge in [-0.3, -0.25) is 10.00 Å². The summed E-state index contributed by atoms with van der Waals surface area (Å²) in [5.74, 6) is 0.797. The predicted molar refractivity (Wildman–Crippen MR) is 79.3 cm³/mol. The Balaban J connectivity index is 2.03. The molecule has 1 aliphatic heterocycles. The van der Waals surface area contributed by atoms with Crippen molar-refractivity contribution in [3.63, 3.8) is 0 Å². The van der Waals surface area contributed by atoms with Gasteiger partial charge in [0, 0.05) is 11.8 Å². The quantitative estimate of drug-likeness (QED) is 0.921. The van der Waals surface area contributed by atoms with Crippen LogP contribution in [0.2, 0.25) is 0 Å². The van der Waals surface area contributed by atoms with E-state index in [0.717, 1.165) is 22.0 Å². The molecule has 106 valence electrons. The number of aromatic nitrogens is 3. The maximum atomic E-state index is 11.3. The summed E-state index contributed by atoms with van der Waals surface area (Å²) < 4.78 is 6.60. The number of carbonyl (C=O) groups excluding carboxylic acids is 1. The highest BCUT2D eigenvalue weighted by Gasteiger charge is 2.26. The highest BCUT2D eigenvalue weighted by Crippen LogP contribution is 2.46. The maximum Gasteiger partial charge on any atom is 0.413 e. The zero-order valence-corrected chi connectivity index (χ0v) is 13.0. The minimum absolute atomic E-state index is 0.282. The number of nitrogens with one attached hydrogen (secondary N) is 1. The molecule has 3 heterocycles. The highest BCUT2D eigenvalue weighted by atomic mass is 32.2. The monoisotopic (exact) mass is 310 g/mol. The van der Waals surface area contributed by atoms with E-state index in [1.807, 2.05) is 10.9 Å². The third-order valence-electron chi connectivity index (χ3n) is 2.92. The van der Waals surface area contributed by atoms with E-state index in [4.69, 9.17) is 0 Å². The van der Waals surface area contributed by atoms with Crippen molar-refractivity contribution < 1.29 is 9.53 Å². The fourth-order valence-electron chi connectivity index (χ4n) is 2.03. The third-order valence-corrected chi connectivity index (χ3v) is 4.97. The number of ether oxygens (including phenoxy) is 1. The average molecular weight is 310 g/mol. The van der Waals surface area contributed by atoms with Crippen molar-refractivity contribution in [1.82, 2.24) is 14.8 Å². The van der Waals surface area contributed by atoms with E-state index < -0.39 is 6.09 Å². The minimum Gasteiger partial charge on any atom is -0.453 e. The number of carbonyl (C=O) groups is 1. The van der Waals surface area contributed by atoms with Crippen LogP contribution in [0.5, 0.6) is 0 Å². The SMILES string of the molecule is COC(=O)Nc1nc2c(s1)-c1c(cnn1C(C)C)SC2. The molecule has 0 aliphatic carbocycles. The Labute approximate surface area is 124 Å². The van der Waals surface area contributed by atoms with E-state index in [1.165, 1.54) is 23.3 Å². The molecule has 3 rings (SSSR count). The Hall–Kier alpha value is -1.54. The van der Waals surface area contributed by atoms with E-state index in [9.17, 15) is 4.79 Å². The lowest BCUT2D eigenvalue weighted by Gasteiger charge is -2.15. The van der Waals surface area contributed by atoms with Crippen molar-refractivity contribution in [1.29, 1.82) is 0 Å². The van der Waals surface area contributed by atoms with Gasteiger partial charge in [-0.05, 0) is 13.8 Å². The molecule has 0 bridgehead atoms. The van der Waals surface area contributed by atoms with Crippen LogP contribution in [0.1, 0.15) is 25.6 Å². The molecule has 20 heavy (non-hydrogen) atoms. The molecule has 0 unspecified atom stereocenters. The van der Waals surface area contributed by atoms with Gasteiger partial charge in [0.25, 0.3) is 0 Å². The van der Waals surface area contributed by atoms with Gasteiger partial charge in [-0.1, -0.05) is 11.3 Å². The molecule has 0 atom stereocenters. The van der Waals surface area contributed by atoms with Gasteiger partial charge in [0.15, 0.2) is 5.13 Å². The number of rotatable bonds is 2. The van der Waals surface area contributed by atoms with E-state index in [-0.39, 0.29) is 6.04 Å². The first-order chi connectivity index (χ1) is 9.60. The number of hydrogen-bond acceptors (Lipinski definition) is 6. The Morgan fingerprint density at radius 2 is 2.35 bits per heavy atom. The summed E-state index contributed by atoms with van der Waals surface area (Å²) in [5.41, 5.74) is 2.09. The van der Waals surface area contributed by atoms with Crippen LogP contribution in [-0.2, 0) is 10.5 Å². The summed E-state index contributed by atoms with van der Waals surface area (Å²) in [7, 11) is 1.34. The van der Waals surface area contributed by atoms with Crippen molar-refractivity contribution in [2.75, 3.05) is 12.4 Å². The molecule has 1 N–H and O–H groups in total. The summed E-state index contributed by atoms with van der Waals surface area (Å²) in [6.07, 6.45) is 1.40. The first-order valence-corrected chi connectivity index (χ1v) is 7.95. The average Bonchev–Trinajstić information content (AvgIpc) is 3.00. The Kier molecular flexibility index (Phi) is 3.43. The van der Waals surface area contributed by atoms with Crippen LogP contribution in [0.4, 0.5) is 9.93 Å². The van der Waals surface area contributed by atoms with Crippen molar-refractivity contribution in [3.05, 3.63) is 11.9 Å². The molecule has 8 heteroatoms. The molecule has 0 saturated heterocycles. The molecule has 2 aromatic heterocycles. The molecule has 0 fully saturated rings. The Morgan fingerprint density at radius 1 is 1.55 bits per heavy atom. The second-order valence-corrected chi connectivity index (χ2v) is 6.61. The maximum absolute atomic E-state index is 11.3. The van der Waals surface area contributed by atoms with Crippen LogP contribution in [-0.4, -0.2) is 28.0 Å². The number of anilines is 1. The number of amides is 1. The lowest BCUT2D eigenvalue weighted by Crippen LogP contribution is -2.10. The topological polar surface area (TPSA) is 69.0 Å². The van der Waals surface area contributed by atoms with Gasteiger partial charge >= 0.3 is 6.09 Å². The van der Waals surface area contributed by atoms with Crippen molar-refractivity contribution in [2.24, 2.45) is 0 Å². The molecule has 0 radical (unpaired) electrons. The summed E-state index contributed by atoms with van der Waals surface area (Å²) in [6, 6.07) is 0.282. The molecule has 0 aromatic carbocycles. The Morgan fingerprint density at radius 3 is 3.05 bits per heavy atom. The molecule has 2 aromatic rings. The van der Waals surface area contributed by atoms with Crippen LogP contribution in [0.15, 0.2) is 11.1 Å². The minimum atomic E-state index is -0.499. The second kappa shape index (κ2) is 5.10. The van der Waals surface area contributed by atoms with Gasteiger partial charge in [0.05, 0.1) is 34.5 Å². The van der Waals surface area contributed by atoms with Gasteiger partial charge in [-0.2, -0.15) is 5.10 Å². The standard InChI is InChI=1S/C12H14N4O2S2/c1-6(2)16-9-8(4-13-16)19-5-7-10(9)20-11(14-7)15-12(17)18-3/h4,6H,5H2,1-3H3,(H,14,15,17). The normalized spacial score (nSPS) is 13.0. The van der Waals surface area contributed by atoms with E-state index in [1.54, 1.807) is 11.8 Å². The summed E-state index contributed by atoms with van der Waals surface area (Å²) in [5, 5.41) is 7.63. The van der Waals surface area contributed by atoms with Gasteiger partial charge in [0.1, 0.15) is 0 Å². The van der Waals surface area contributed by atoms with Crippen LogP contribution in [0.3, 0.4) is 0 Å². The molecular weight excluding hydrogens is 296 g/mol. The fraction of sp³-hybridized carbons (Fsp3) is 0.417. The van der Waals surface area contributed by atoms with Gasteiger partial charge in [-0.25, -0.2) is 9.78 Å². The van der Waals surface area contributed by atoms with Crippen LogP contribution >= 0.6 is 23.1 Å². The van der Waals surface area contributed by atoms with Crippen LogP contribution < -0.4 is 5.32 Å². The highest BCUT2D eigenvalue weighted by molar-refractivity contribution is 7.98. The van der Waals surface area contributed by atoms with Crippen LogP contribution in [0.25, 0.3) is 10.6 Å². The lowest BCUT2D eigenvalue weighted by atomic mass is 10.2. The number of thioether (sulfide) groups is 1. The molecule has 1 aliphatic rings. The Bertz CT molecular complexity index is 662. The summed E-state index contributed by atoms with van der Waals surface area (Å²) in [4.78, 5) is 18.0. The predicted octanol–water partition coefficient (Wildman–Crippen LogP) is 3.37. The molecule has 1 amide bonds. The molecule has 0 saturated carbocycles. The van der Waals surface area contributed by atoms with Gasteiger partial charge < -0.3 is 4.74 Å². The zero-order valence-electron chi connectivity index (χ0n) is 11.3. The first kappa shape index (κ1) is 13.4. The number of thiazole rings is 1. The smallest absolute Gasteiger partial charge is 0.413 e. The summed E-state index contributed by atoms with van der Waals surface area (Å²) in [6.45, 7) is 4.20. The first-order valence-electron chi connectivity index (χ1n) is 6.15. The van der Waals surface area contributed by atoms with Crippen LogP contribution in [0, 0.1) is 0 Å². The lowest BCUT2D eigenvalue weighted by molar-refractivity contribution is 0.187. The number of hydrogen-bond donors (Lipinski definition) is 1. The van der Waals surface area contributed by atoms with Crippen molar-refractivity contribution in [3.8, 4) is 10.6 Å². The summed E-state index contributed by atoms with van der Waals surface area (Å²) >= 11 is 3.19. The van der Waals surface area contributed by atoms with E-state index in [2.05, 4.69) is 34.0 Å².